The molecule has 0 spiro atoms. The molecular formula is C13H16ClN3O3. The van der Waals surface area contributed by atoms with Gasteiger partial charge in [0, 0.05) is 25.2 Å². The molecule has 0 aromatic heterocycles. The summed E-state index contributed by atoms with van der Waals surface area (Å²) in [6.45, 7) is 1.24. The first-order valence-corrected chi connectivity index (χ1v) is 6.80. The molecule has 2 rings (SSSR count). The van der Waals surface area contributed by atoms with E-state index in [1.54, 1.807) is 0 Å². The van der Waals surface area contributed by atoms with Gasteiger partial charge in [0.1, 0.15) is 5.02 Å². The molecule has 0 aliphatic heterocycles. The number of benzene rings is 1. The summed E-state index contributed by atoms with van der Waals surface area (Å²) in [5.74, 6) is -0.386. The van der Waals surface area contributed by atoms with Gasteiger partial charge in [-0.3, -0.25) is 14.9 Å². The van der Waals surface area contributed by atoms with Crippen LogP contribution in [-0.4, -0.2) is 41.9 Å². The maximum Gasteiger partial charge on any atom is 0.288 e. The predicted octanol–water partition coefficient (Wildman–Crippen LogP) is 2.07. The maximum absolute atomic E-state index is 12.0. The minimum Gasteiger partial charge on any atom is -0.351 e. The number of hydrogen-bond acceptors (Lipinski definition) is 4. The van der Waals surface area contributed by atoms with Crippen LogP contribution in [0.5, 0.6) is 0 Å². The second kappa shape index (κ2) is 6.19. The lowest BCUT2D eigenvalue weighted by Gasteiger charge is -2.15. The van der Waals surface area contributed by atoms with Gasteiger partial charge < -0.3 is 10.2 Å². The first-order chi connectivity index (χ1) is 9.50. The normalized spacial score (nSPS) is 14.3. The quantitative estimate of drug-likeness (QED) is 0.644. The van der Waals surface area contributed by atoms with E-state index in [-0.39, 0.29) is 22.2 Å². The summed E-state index contributed by atoms with van der Waals surface area (Å²) in [5.41, 5.74) is -0.121. The highest BCUT2D eigenvalue weighted by Crippen LogP contribution is 2.27. The summed E-state index contributed by atoms with van der Waals surface area (Å²) in [6.07, 6.45) is 2.42. The summed E-state index contributed by atoms with van der Waals surface area (Å²) >= 11 is 5.89. The molecule has 6 nitrogen and oxygen atoms in total. The summed E-state index contributed by atoms with van der Waals surface area (Å²) < 4.78 is 0. The molecule has 20 heavy (non-hydrogen) atoms. The van der Waals surface area contributed by atoms with Gasteiger partial charge in [0.15, 0.2) is 0 Å². The van der Waals surface area contributed by atoms with Gasteiger partial charge in [-0.2, -0.15) is 0 Å². The summed E-state index contributed by atoms with van der Waals surface area (Å²) in [7, 11) is 2.02. The average Bonchev–Trinajstić information content (AvgIpc) is 3.22. The summed E-state index contributed by atoms with van der Waals surface area (Å²) in [6, 6.07) is 4.85. The fourth-order valence-electron chi connectivity index (χ4n) is 1.98. The lowest BCUT2D eigenvalue weighted by molar-refractivity contribution is -0.384. The minimum atomic E-state index is -0.597. The molecule has 1 aromatic rings. The van der Waals surface area contributed by atoms with Gasteiger partial charge in [0.05, 0.1) is 10.5 Å². The number of rotatable bonds is 6. The third kappa shape index (κ3) is 3.46. The molecule has 1 N–H and O–H groups in total. The second-order valence-corrected chi connectivity index (χ2v) is 5.24. The zero-order valence-electron chi connectivity index (χ0n) is 11.1. The largest absolute Gasteiger partial charge is 0.351 e. The molecule has 1 saturated carbocycles. The Kier molecular flexibility index (Phi) is 4.57. The molecule has 0 bridgehead atoms. The predicted molar refractivity (Wildman–Crippen MR) is 76.1 cm³/mol. The van der Waals surface area contributed by atoms with E-state index in [2.05, 4.69) is 10.2 Å². The van der Waals surface area contributed by atoms with Crippen LogP contribution in [0.3, 0.4) is 0 Å². The zero-order chi connectivity index (χ0) is 14.7. The molecule has 0 saturated heterocycles. The van der Waals surface area contributed by atoms with E-state index >= 15 is 0 Å². The van der Waals surface area contributed by atoms with Crippen LogP contribution in [0.25, 0.3) is 0 Å². The van der Waals surface area contributed by atoms with Crippen molar-refractivity contribution in [3.63, 3.8) is 0 Å². The third-order valence-electron chi connectivity index (χ3n) is 3.34. The van der Waals surface area contributed by atoms with E-state index < -0.39 is 4.92 Å². The van der Waals surface area contributed by atoms with E-state index in [0.717, 1.165) is 6.54 Å². The van der Waals surface area contributed by atoms with Gasteiger partial charge >= 0.3 is 0 Å². The van der Waals surface area contributed by atoms with E-state index in [4.69, 9.17) is 11.6 Å². The molecule has 0 radical (unpaired) electrons. The van der Waals surface area contributed by atoms with Crippen molar-refractivity contribution in [1.82, 2.24) is 10.2 Å². The number of nitrogens with one attached hydrogen (secondary N) is 1. The Morgan fingerprint density at radius 2 is 2.25 bits per heavy atom. The average molecular weight is 298 g/mol. The highest BCUT2D eigenvalue weighted by atomic mass is 35.5. The smallest absolute Gasteiger partial charge is 0.288 e. The Balaban J connectivity index is 1.94. The van der Waals surface area contributed by atoms with Crippen LogP contribution in [-0.2, 0) is 0 Å². The molecule has 0 heterocycles. The maximum atomic E-state index is 12.0. The Labute approximate surface area is 121 Å². The summed E-state index contributed by atoms with van der Waals surface area (Å²) in [5, 5.41) is 13.4. The van der Waals surface area contributed by atoms with E-state index in [9.17, 15) is 14.9 Å². The second-order valence-electron chi connectivity index (χ2n) is 4.86. The molecule has 1 aliphatic rings. The van der Waals surface area contributed by atoms with Crippen molar-refractivity contribution in [2.45, 2.75) is 18.9 Å². The Bertz CT molecular complexity index is 532. The third-order valence-corrected chi connectivity index (χ3v) is 3.74. The lowest BCUT2D eigenvalue weighted by atomic mass is 10.2. The topological polar surface area (TPSA) is 75.5 Å². The standard InChI is InChI=1S/C13H16ClN3O3/c1-16(9-5-6-9)8-7-15-13(18)10-3-2-4-11(12(10)14)17(19)20/h2-4,9H,5-8H2,1H3,(H,15,18). The number of nitrogens with zero attached hydrogens (tertiary/aromatic N) is 2. The van der Waals surface area contributed by atoms with Crippen LogP contribution in [0, 0.1) is 10.1 Å². The first-order valence-electron chi connectivity index (χ1n) is 6.42. The highest BCUT2D eigenvalue weighted by molar-refractivity contribution is 6.35. The molecule has 1 aromatic carbocycles. The fourth-order valence-corrected chi connectivity index (χ4v) is 2.26. The van der Waals surface area contributed by atoms with Crippen molar-refractivity contribution in [2.75, 3.05) is 20.1 Å². The molecule has 0 atom stereocenters. The summed E-state index contributed by atoms with van der Waals surface area (Å²) in [4.78, 5) is 24.3. The number of nitro benzene ring substituents is 1. The van der Waals surface area contributed by atoms with E-state index in [0.29, 0.717) is 12.6 Å². The van der Waals surface area contributed by atoms with Crippen LogP contribution in [0.2, 0.25) is 5.02 Å². The van der Waals surface area contributed by atoms with Crippen molar-refractivity contribution in [2.24, 2.45) is 0 Å². The van der Waals surface area contributed by atoms with Gasteiger partial charge in [0.2, 0.25) is 0 Å². The number of nitro groups is 1. The minimum absolute atomic E-state index is 0.120. The SMILES string of the molecule is CN(CCNC(=O)c1cccc([N+](=O)[O-])c1Cl)C1CC1. The van der Waals surface area contributed by atoms with E-state index in [1.165, 1.54) is 31.0 Å². The fraction of sp³-hybridized carbons (Fsp3) is 0.462. The Morgan fingerprint density at radius 3 is 2.85 bits per heavy atom. The van der Waals surface area contributed by atoms with Gasteiger partial charge in [-0.1, -0.05) is 17.7 Å². The molecule has 1 fully saturated rings. The van der Waals surface area contributed by atoms with Crippen LogP contribution < -0.4 is 5.32 Å². The monoisotopic (exact) mass is 297 g/mol. The first kappa shape index (κ1) is 14.7. The Morgan fingerprint density at radius 1 is 1.55 bits per heavy atom. The van der Waals surface area contributed by atoms with Crippen molar-refractivity contribution >= 4 is 23.2 Å². The number of hydrogen-bond donors (Lipinski definition) is 1. The van der Waals surface area contributed by atoms with Crippen molar-refractivity contribution in [1.29, 1.82) is 0 Å². The molecular weight excluding hydrogens is 282 g/mol. The van der Waals surface area contributed by atoms with Gasteiger partial charge in [-0.05, 0) is 26.0 Å². The molecule has 1 aliphatic carbocycles. The number of likely N-dealkylation sites (N-methyl/N-ethyl adjacent to an activating group) is 1. The van der Waals surface area contributed by atoms with Crippen LogP contribution in [0.4, 0.5) is 5.69 Å². The van der Waals surface area contributed by atoms with E-state index in [1.807, 2.05) is 7.05 Å². The number of amides is 1. The number of carbonyl (C=O) groups is 1. The van der Waals surface area contributed by atoms with Gasteiger partial charge in [0.25, 0.3) is 11.6 Å². The molecule has 1 amide bonds. The zero-order valence-corrected chi connectivity index (χ0v) is 11.9. The van der Waals surface area contributed by atoms with Gasteiger partial charge in [-0.25, -0.2) is 0 Å². The molecule has 7 heteroatoms. The van der Waals surface area contributed by atoms with Crippen molar-refractivity contribution in [3.8, 4) is 0 Å². The highest BCUT2D eigenvalue weighted by Gasteiger charge is 2.25. The van der Waals surface area contributed by atoms with Crippen LogP contribution in [0.1, 0.15) is 23.2 Å². The lowest BCUT2D eigenvalue weighted by Crippen LogP contribution is -2.34. The molecule has 0 unspecified atom stereocenters. The molecule has 108 valence electrons. The number of halogens is 1. The van der Waals surface area contributed by atoms with Crippen molar-refractivity contribution in [3.05, 3.63) is 38.9 Å². The van der Waals surface area contributed by atoms with Gasteiger partial charge in [-0.15, -0.1) is 0 Å². The van der Waals surface area contributed by atoms with Crippen molar-refractivity contribution < 1.29 is 9.72 Å². The van der Waals surface area contributed by atoms with Crippen LogP contribution >= 0.6 is 11.6 Å². The number of carbonyl (C=O) groups excluding carboxylic acids is 1. The van der Waals surface area contributed by atoms with Crippen LogP contribution in [0.15, 0.2) is 18.2 Å². The Hall–Kier alpha value is -1.66.